The fourth-order valence-corrected chi connectivity index (χ4v) is 3.46. The Labute approximate surface area is 164 Å². The second kappa shape index (κ2) is 11.0. The van der Waals surface area contributed by atoms with Crippen LogP contribution in [0, 0.1) is 0 Å². The van der Waals surface area contributed by atoms with Crippen LogP contribution in [0.15, 0.2) is 15.0 Å². The number of aliphatic imine (C=N–C) groups is 3. The van der Waals surface area contributed by atoms with Crippen LogP contribution in [0.4, 0.5) is 0 Å². The van der Waals surface area contributed by atoms with Gasteiger partial charge in [-0.3, -0.25) is 15.0 Å². The van der Waals surface area contributed by atoms with E-state index in [-0.39, 0.29) is 22.2 Å². The van der Waals surface area contributed by atoms with Gasteiger partial charge in [0.2, 0.25) is 0 Å². The molecule has 0 spiro atoms. The van der Waals surface area contributed by atoms with E-state index in [1.807, 2.05) is 39.4 Å². The zero-order chi connectivity index (χ0) is 21.2. The Morgan fingerprint density at radius 3 is 1.08 bits per heavy atom. The topological polar surface area (TPSA) is 40.3 Å². The molecule has 4 nitrogen and oxygen atoms in total. The summed E-state index contributed by atoms with van der Waals surface area (Å²) in [5.74, 6) is 0. The van der Waals surface area contributed by atoms with Crippen molar-refractivity contribution in [3.05, 3.63) is 0 Å². The molecule has 0 N–H and O–H groups in total. The highest BCUT2D eigenvalue weighted by Crippen LogP contribution is 2.27. The first kappa shape index (κ1) is 27.2. The van der Waals surface area contributed by atoms with E-state index in [2.05, 4.69) is 89.4 Å². The van der Waals surface area contributed by atoms with Gasteiger partial charge >= 0.3 is 0 Å². The van der Waals surface area contributed by atoms with Crippen LogP contribution in [0.25, 0.3) is 0 Å². The predicted molar refractivity (Wildman–Crippen MR) is 122 cm³/mol. The Bertz CT molecular complexity index is 445. The summed E-state index contributed by atoms with van der Waals surface area (Å²) >= 11 is 0. The lowest BCUT2D eigenvalue weighted by Crippen LogP contribution is -2.43. The number of hydrogen-bond acceptors (Lipinski definition) is 4. The van der Waals surface area contributed by atoms with Crippen molar-refractivity contribution in [2.75, 3.05) is 14.1 Å². The van der Waals surface area contributed by atoms with Crippen LogP contribution in [0.1, 0.15) is 89.0 Å². The number of rotatable bonds is 8. The Kier molecular flexibility index (Phi) is 11.5. The van der Waals surface area contributed by atoms with Gasteiger partial charge in [-0.1, -0.05) is 0 Å². The van der Waals surface area contributed by atoms with Crippen molar-refractivity contribution in [3.8, 4) is 0 Å². The molecule has 0 aromatic heterocycles. The van der Waals surface area contributed by atoms with Crippen LogP contribution in [0.5, 0.6) is 0 Å². The van der Waals surface area contributed by atoms with Crippen molar-refractivity contribution < 1.29 is 0 Å². The van der Waals surface area contributed by atoms with Gasteiger partial charge in [-0.05, 0) is 122 Å². The summed E-state index contributed by atoms with van der Waals surface area (Å²) in [6.45, 7) is 23.3. The average Bonchev–Trinajstić information content (AvgIpc) is 2.35. The maximum absolute atomic E-state index is 4.47. The zero-order valence-corrected chi connectivity index (χ0v) is 19.9. The lowest BCUT2D eigenvalue weighted by atomic mass is 9.86. The molecule has 154 valence electrons. The normalized spacial score (nSPS) is 14.5. The Morgan fingerprint density at radius 2 is 0.846 bits per heavy atom. The van der Waals surface area contributed by atoms with E-state index in [0.29, 0.717) is 0 Å². The minimum absolute atomic E-state index is 0.00917. The molecule has 0 fully saturated rings. The molecular formula is C22H46N4. The lowest BCUT2D eigenvalue weighted by molar-refractivity contribution is 0.153. The molecule has 4 heteroatoms. The highest BCUT2D eigenvalue weighted by molar-refractivity contribution is 5.55. The molecule has 0 radical (unpaired) electrons. The molecule has 0 aliphatic heterocycles. The van der Waals surface area contributed by atoms with Gasteiger partial charge in [-0.25, -0.2) is 0 Å². The van der Waals surface area contributed by atoms with Gasteiger partial charge in [0.1, 0.15) is 0 Å². The molecule has 0 rings (SSSR count). The van der Waals surface area contributed by atoms with Crippen molar-refractivity contribution in [1.82, 2.24) is 4.90 Å². The van der Waals surface area contributed by atoms with Gasteiger partial charge in [-0.2, -0.15) is 0 Å². The van der Waals surface area contributed by atoms with E-state index in [1.165, 1.54) is 0 Å². The van der Waals surface area contributed by atoms with Crippen molar-refractivity contribution in [2.45, 2.75) is 111 Å². The van der Waals surface area contributed by atoms with Crippen LogP contribution >= 0.6 is 0 Å². The molecule has 0 unspecified atom stereocenters. The summed E-state index contributed by atoms with van der Waals surface area (Å²) in [4.78, 5) is 15.6. The van der Waals surface area contributed by atoms with Crippen molar-refractivity contribution in [2.24, 2.45) is 15.0 Å². The average molecular weight is 367 g/mol. The van der Waals surface area contributed by atoms with Crippen LogP contribution in [-0.4, -0.2) is 59.8 Å². The van der Waals surface area contributed by atoms with Crippen LogP contribution in [-0.2, 0) is 0 Å². The minimum atomic E-state index is -0.00917. The van der Waals surface area contributed by atoms with Gasteiger partial charge in [-0.15, -0.1) is 0 Å². The van der Waals surface area contributed by atoms with Gasteiger partial charge in [0.15, 0.2) is 0 Å². The Balaban J connectivity index is 0. The summed E-state index contributed by atoms with van der Waals surface area (Å²) in [6.07, 6.45) is 7.66. The molecule has 0 atom stereocenters. The fraction of sp³-hybridized carbons (Fsp3) is 0.864. The van der Waals surface area contributed by atoms with E-state index < -0.39 is 0 Å². The van der Waals surface area contributed by atoms with E-state index in [0.717, 1.165) is 12.8 Å². The third-order valence-electron chi connectivity index (χ3n) is 4.38. The Morgan fingerprint density at radius 1 is 0.577 bits per heavy atom. The molecule has 0 aliphatic carbocycles. The second-order valence-electron chi connectivity index (χ2n) is 9.66. The maximum Gasteiger partial charge on any atom is 0.0570 e. The molecular weight excluding hydrogens is 320 g/mol. The van der Waals surface area contributed by atoms with E-state index in [9.17, 15) is 0 Å². The summed E-state index contributed by atoms with van der Waals surface area (Å²) in [5.41, 5.74) is 0.230. The third-order valence-corrected chi connectivity index (χ3v) is 4.38. The summed E-state index contributed by atoms with van der Waals surface area (Å²) in [7, 11) is 4.23. The highest BCUT2D eigenvalue weighted by atomic mass is 15.1. The van der Waals surface area contributed by atoms with Gasteiger partial charge < -0.3 is 4.90 Å². The molecule has 0 amide bonds. The van der Waals surface area contributed by atoms with E-state index in [4.69, 9.17) is 0 Å². The Hall–Kier alpha value is -1.03. The predicted octanol–water partition coefficient (Wildman–Crippen LogP) is 5.70. The number of nitrogens with zero attached hydrogens (tertiary/aromatic N) is 4. The van der Waals surface area contributed by atoms with Gasteiger partial charge in [0.05, 0.1) is 16.6 Å². The van der Waals surface area contributed by atoms with Gasteiger partial charge in [0, 0.05) is 5.54 Å². The molecule has 0 aliphatic rings. The maximum atomic E-state index is 4.47. The molecule has 0 heterocycles. The highest BCUT2D eigenvalue weighted by Gasteiger charge is 2.29. The minimum Gasteiger partial charge on any atom is -0.304 e. The van der Waals surface area contributed by atoms with Gasteiger partial charge in [0.25, 0.3) is 0 Å². The quantitative estimate of drug-likeness (QED) is 0.508. The fourth-order valence-electron chi connectivity index (χ4n) is 3.46. The summed E-state index contributed by atoms with van der Waals surface area (Å²) < 4.78 is 0. The zero-order valence-electron chi connectivity index (χ0n) is 19.9. The van der Waals surface area contributed by atoms with Crippen molar-refractivity contribution in [1.29, 1.82) is 0 Å². The van der Waals surface area contributed by atoms with Crippen LogP contribution < -0.4 is 0 Å². The van der Waals surface area contributed by atoms with E-state index >= 15 is 0 Å². The first-order valence-electron chi connectivity index (χ1n) is 9.71. The van der Waals surface area contributed by atoms with Crippen molar-refractivity contribution >= 4 is 18.6 Å². The SMILES string of the molecule is CC=NC(C)(C)CC(C)(C)N(C)C.CC=NC(C)(C)CC(C)(C)N=CC. The first-order chi connectivity index (χ1) is 11.5. The standard InChI is InChI=1S/C11H24N2.C11H22N2/c1-8-12-10(2,3)9-11(4,5)13(6)7;1-7-12-10(3,4)9-11(5,6)13-8-2/h8H,9H2,1-7H3;7-8H,9H2,1-6H3. The molecule has 0 saturated heterocycles. The van der Waals surface area contributed by atoms with Crippen LogP contribution in [0.3, 0.4) is 0 Å². The molecule has 0 aromatic carbocycles. The molecule has 0 bridgehead atoms. The number of hydrogen-bond donors (Lipinski definition) is 0. The first-order valence-corrected chi connectivity index (χ1v) is 9.71. The largest absolute Gasteiger partial charge is 0.304 e. The summed E-state index contributed by atoms with van der Waals surface area (Å²) in [5, 5.41) is 0. The molecule has 0 aromatic rings. The second-order valence-corrected chi connectivity index (χ2v) is 9.66. The lowest BCUT2D eigenvalue weighted by Gasteiger charge is -2.37. The summed E-state index contributed by atoms with van der Waals surface area (Å²) in [6, 6.07) is 0. The van der Waals surface area contributed by atoms with Crippen LogP contribution in [0.2, 0.25) is 0 Å². The van der Waals surface area contributed by atoms with E-state index in [1.54, 1.807) is 0 Å². The van der Waals surface area contributed by atoms with Crippen molar-refractivity contribution in [3.63, 3.8) is 0 Å². The monoisotopic (exact) mass is 366 g/mol. The third kappa shape index (κ3) is 13.2. The smallest absolute Gasteiger partial charge is 0.0570 e. The molecule has 26 heavy (non-hydrogen) atoms. The molecule has 0 saturated carbocycles.